The lowest BCUT2D eigenvalue weighted by Crippen LogP contribution is -2.60. The lowest BCUT2D eigenvalue weighted by Gasteiger charge is -2.49. The van der Waals surface area contributed by atoms with Gasteiger partial charge in [0, 0.05) is 22.9 Å². The molecule has 2 atom stereocenters. The van der Waals surface area contributed by atoms with Crippen LogP contribution in [0.2, 0.25) is 5.02 Å². The van der Waals surface area contributed by atoms with Crippen molar-refractivity contribution in [2.75, 3.05) is 0 Å². The molecule has 0 amide bonds. The second-order valence-electron chi connectivity index (χ2n) is 4.73. The van der Waals surface area contributed by atoms with Crippen LogP contribution in [0.4, 0.5) is 0 Å². The Morgan fingerprint density at radius 2 is 2.20 bits per heavy atom. The summed E-state index contributed by atoms with van der Waals surface area (Å²) in [6.07, 6.45) is 1.12. The summed E-state index contributed by atoms with van der Waals surface area (Å²) in [5.41, 5.74) is 5.98. The highest BCUT2D eigenvalue weighted by molar-refractivity contribution is 6.30. The molecule has 1 fully saturated rings. The molecule has 0 spiro atoms. The molecule has 2 nitrogen and oxygen atoms in total. The second kappa shape index (κ2) is 3.69. The molecule has 0 saturated heterocycles. The molecule has 1 aromatic rings. The van der Waals surface area contributed by atoms with E-state index in [4.69, 9.17) is 22.1 Å². The number of hydrogen-bond donors (Lipinski definition) is 1. The first-order valence-corrected chi connectivity index (χ1v) is 5.56. The number of benzene rings is 1. The molecule has 1 aliphatic carbocycles. The van der Waals surface area contributed by atoms with Crippen molar-refractivity contribution in [3.8, 4) is 5.75 Å². The Morgan fingerprint density at radius 1 is 1.47 bits per heavy atom. The molecule has 3 heteroatoms. The van der Waals surface area contributed by atoms with E-state index in [0.29, 0.717) is 5.02 Å². The van der Waals surface area contributed by atoms with Crippen molar-refractivity contribution in [1.82, 2.24) is 0 Å². The number of hydrogen-bond acceptors (Lipinski definition) is 2. The van der Waals surface area contributed by atoms with Crippen LogP contribution in [0.3, 0.4) is 0 Å². The summed E-state index contributed by atoms with van der Waals surface area (Å²) < 4.78 is 5.85. The van der Waals surface area contributed by atoms with E-state index >= 15 is 0 Å². The highest BCUT2D eigenvalue weighted by Gasteiger charge is 2.47. The lowest BCUT2D eigenvalue weighted by atomic mass is 9.65. The highest BCUT2D eigenvalue weighted by Crippen LogP contribution is 2.41. The van der Waals surface area contributed by atoms with Crippen LogP contribution in [0, 0.1) is 5.41 Å². The molecule has 1 aromatic carbocycles. The van der Waals surface area contributed by atoms with Crippen molar-refractivity contribution >= 4 is 11.6 Å². The van der Waals surface area contributed by atoms with Gasteiger partial charge in [0.15, 0.2) is 0 Å². The van der Waals surface area contributed by atoms with E-state index in [-0.39, 0.29) is 17.6 Å². The molecular formula is C12H16ClNO. The van der Waals surface area contributed by atoms with E-state index in [0.717, 1.165) is 12.2 Å². The fraction of sp³-hybridized carbons (Fsp3) is 0.500. The summed E-state index contributed by atoms with van der Waals surface area (Å²) in [6, 6.07) is 7.73. The quantitative estimate of drug-likeness (QED) is 0.840. The van der Waals surface area contributed by atoms with E-state index in [1.165, 1.54) is 0 Å². The van der Waals surface area contributed by atoms with Gasteiger partial charge >= 0.3 is 0 Å². The summed E-state index contributed by atoms with van der Waals surface area (Å²) in [5, 5.41) is 0.703. The molecule has 0 heterocycles. The molecule has 2 N–H and O–H groups in total. The van der Waals surface area contributed by atoms with E-state index < -0.39 is 0 Å². The van der Waals surface area contributed by atoms with Crippen LogP contribution in [0.25, 0.3) is 0 Å². The van der Waals surface area contributed by atoms with Crippen molar-refractivity contribution in [2.45, 2.75) is 32.4 Å². The molecule has 15 heavy (non-hydrogen) atoms. The number of rotatable bonds is 2. The molecule has 1 saturated carbocycles. The van der Waals surface area contributed by atoms with Crippen molar-refractivity contribution in [2.24, 2.45) is 11.1 Å². The minimum absolute atomic E-state index is 0.0579. The third-order valence-corrected chi connectivity index (χ3v) is 3.56. The van der Waals surface area contributed by atoms with Gasteiger partial charge in [0.25, 0.3) is 0 Å². The van der Waals surface area contributed by atoms with Crippen molar-refractivity contribution in [1.29, 1.82) is 0 Å². The SMILES string of the molecule is CC1(C)C(N)CC1Oc1cccc(Cl)c1. The van der Waals surface area contributed by atoms with Gasteiger partial charge in [0.05, 0.1) is 0 Å². The number of nitrogens with two attached hydrogens (primary N) is 1. The molecule has 1 aliphatic rings. The Bertz CT molecular complexity index is 364. The van der Waals surface area contributed by atoms with Crippen LogP contribution in [-0.4, -0.2) is 12.1 Å². The standard InChI is InChI=1S/C12H16ClNO/c1-12(2)10(14)7-11(12)15-9-5-3-4-8(13)6-9/h3-6,10-11H,7,14H2,1-2H3. The summed E-state index contributed by atoms with van der Waals surface area (Å²) in [7, 11) is 0. The summed E-state index contributed by atoms with van der Waals surface area (Å²) >= 11 is 5.88. The summed E-state index contributed by atoms with van der Waals surface area (Å²) in [5.74, 6) is 0.826. The van der Waals surface area contributed by atoms with E-state index in [1.54, 1.807) is 0 Å². The maximum Gasteiger partial charge on any atom is 0.121 e. The minimum Gasteiger partial charge on any atom is -0.490 e. The third-order valence-electron chi connectivity index (χ3n) is 3.33. The van der Waals surface area contributed by atoms with Crippen LogP contribution >= 0.6 is 11.6 Å². The molecule has 0 aromatic heterocycles. The first-order valence-electron chi connectivity index (χ1n) is 5.18. The summed E-state index contributed by atoms with van der Waals surface area (Å²) in [4.78, 5) is 0. The zero-order valence-corrected chi connectivity index (χ0v) is 9.79. The lowest BCUT2D eigenvalue weighted by molar-refractivity contribution is -0.0399. The molecule has 82 valence electrons. The Balaban J connectivity index is 2.05. The zero-order valence-electron chi connectivity index (χ0n) is 9.03. The fourth-order valence-electron chi connectivity index (χ4n) is 1.82. The summed E-state index contributed by atoms with van der Waals surface area (Å²) in [6.45, 7) is 4.27. The molecule has 0 radical (unpaired) electrons. The largest absolute Gasteiger partial charge is 0.490 e. The number of halogens is 1. The van der Waals surface area contributed by atoms with E-state index in [9.17, 15) is 0 Å². The van der Waals surface area contributed by atoms with Crippen LogP contribution in [0.1, 0.15) is 20.3 Å². The Kier molecular flexibility index (Phi) is 2.65. The van der Waals surface area contributed by atoms with Crippen LogP contribution in [0.15, 0.2) is 24.3 Å². The second-order valence-corrected chi connectivity index (χ2v) is 5.16. The monoisotopic (exact) mass is 225 g/mol. The molecule has 0 aliphatic heterocycles. The van der Waals surface area contributed by atoms with Gasteiger partial charge in [0.1, 0.15) is 11.9 Å². The molecule has 2 unspecified atom stereocenters. The van der Waals surface area contributed by atoms with Gasteiger partial charge in [-0.25, -0.2) is 0 Å². The highest BCUT2D eigenvalue weighted by atomic mass is 35.5. The van der Waals surface area contributed by atoms with Crippen LogP contribution in [-0.2, 0) is 0 Å². The maximum absolute atomic E-state index is 5.92. The predicted octanol–water partition coefficient (Wildman–Crippen LogP) is 2.84. The zero-order chi connectivity index (χ0) is 11.1. The Labute approximate surface area is 95.4 Å². The first-order chi connectivity index (χ1) is 7.00. The number of ether oxygens (including phenoxy) is 1. The predicted molar refractivity (Wildman–Crippen MR) is 62.2 cm³/mol. The average molecular weight is 226 g/mol. The van der Waals surface area contributed by atoms with Crippen LogP contribution < -0.4 is 10.5 Å². The Hall–Kier alpha value is -0.730. The van der Waals surface area contributed by atoms with Crippen molar-refractivity contribution in [3.63, 3.8) is 0 Å². The van der Waals surface area contributed by atoms with Crippen molar-refractivity contribution < 1.29 is 4.74 Å². The first kappa shape index (κ1) is 10.8. The average Bonchev–Trinajstić information content (AvgIpc) is 2.17. The van der Waals surface area contributed by atoms with Gasteiger partial charge in [-0.2, -0.15) is 0 Å². The smallest absolute Gasteiger partial charge is 0.121 e. The molecule has 2 rings (SSSR count). The third kappa shape index (κ3) is 1.97. The minimum atomic E-state index is 0.0579. The van der Waals surface area contributed by atoms with E-state index in [2.05, 4.69) is 13.8 Å². The Morgan fingerprint density at radius 3 is 2.73 bits per heavy atom. The van der Waals surface area contributed by atoms with Crippen LogP contribution in [0.5, 0.6) is 5.75 Å². The fourth-order valence-corrected chi connectivity index (χ4v) is 2.00. The maximum atomic E-state index is 5.92. The van der Waals surface area contributed by atoms with Gasteiger partial charge in [-0.3, -0.25) is 0 Å². The van der Waals surface area contributed by atoms with Gasteiger partial charge in [-0.05, 0) is 18.2 Å². The van der Waals surface area contributed by atoms with Gasteiger partial charge in [-0.1, -0.05) is 31.5 Å². The molecule has 0 bridgehead atoms. The van der Waals surface area contributed by atoms with E-state index in [1.807, 2.05) is 24.3 Å². The topological polar surface area (TPSA) is 35.2 Å². The van der Waals surface area contributed by atoms with Gasteiger partial charge < -0.3 is 10.5 Å². The van der Waals surface area contributed by atoms with Crippen molar-refractivity contribution in [3.05, 3.63) is 29.3 Å². The molecular weight excluding hydrogens is 210 g/mol. The normalized spacial score (nSPS) is 28.3. The van der Waals surface area contributed by atoms with Gasteiger partial charge in [0.2, 0.25) is 0 Å². The van der Waals surface area contributed by atoms with Gasteiger partial charge in [-0.15, -0.1) is 0 Å².